The van der Waals surface area contributed by atoms with Gasteiger partial charge in [-0.15, -0.1) is 0 Å². The van der Waals surface area contributed by atoms with E-state index in [9.17, 15) is 49.4 Å². The molecular weight excluding hydrogens is 491 g/mol. The molecule has 34 heavy (non-hydrogen) atoms. The number of aromatic nitrogens is 3. The molecule has 0 saturated carbocycles. The summed E-state index contributed by atoms with van der Waals surface area (Å²) in [7, 11) is 0. The number of rotatable bonds is 3. The number of benzene rings is 1. The Labute approximate surface area is 182 Å². The number of hydrogen-bond acceptors (Lipinski definition) is 6. The molecule has 1 unspecified atom stereocenters. The van der Waals surface area contributed by atoms with Gasteiger partial charge in [0, 0.05) is 17.3 Å². The molecule has 3 N–H and O–H groups in total. The van der Waals surface area contributed by atoms with E-state index in [0.717, 1.165) is 16.7 Å². The fourth-order valence-electron chi connectivity index (χ4n) is 2.93. The second-order valence-electron chi connectivity index (χ2n) is 6.90. The first kappa shape index (κ1) is 25.1. The van der Waals surface area contributed by atoms with Crippen molar-refractivity contribution in [1.29, 1.82) is 0 Å². The molecule has 0 radical (unpaired) electrons. The Bertz CT molecular complexity index is 1260. The molecule has 0 fully saturated rings. The number of imidazole rings is 1. The van der Waals surface area contributed by atoms with Crippen molar-refractivity contribution in [3.63, 3.8) is 0 Å². The van der Waals surface area contributed by atoms with E-state index in [2.05, 4.69) is 14.7 Å². The fraction of sp³-hybridized carbons (Fsp3) is 0.278. The van der Waals surface area contributed by atoms with Crippen molar-refractivity contribution in [2.75, 3.05) is 5.73 Å². The number of nitrogens with two attached hydrogens (primary N) is 1. The van der Waals surface area contributed by atoms with E-state index in [-0.39, 0.29) is 22.5 Å². The summed E-state index contributed by atoms with van der Waals surface area (Å²) in [6.45, 7) is 1.31. The van der Waals surface area contributed by atoms with Crippen molar-refractivity contribution in [2.45, 2.75) is 31.2 Å². The zero-order chi connectivity index (χ0) is 25.9. The van der Waals surface area contributed by atoms with Crippen LogP contribution < -0.4 is 5.73 Å². The van der Waals surface area contributed by atoms with Gasteiger partial charge in [0.25, 0.3) is 0 Å². The van der Waals surface area contributed by atoms with Gasteiger partial charge in [0.15, 0.2) is 17.2 Å². The summed E-state index contributed by atoms with van der Waals surface area (Å²) in [4.78, 5) is 18.0. The van der Waals surface area contributed by atoms with Gasteiger partial charge in [-0.1, -0.05) is 12.1 Å². The number of anilines is 1. The van der Waals surface area contributed by atoms with Crippen molar-refractivity contribution >= 4 is 17.4 Å². The van der Waals surface area contributed by atoms with Crippen LogP contribution in [0.25, 0.3) is 16.9 Å². The third kappa shape index (κ3) is 4.32. The number of halogens is 9. The summed E-state index contributed by atoms with van der Waals surface area (Å²) in [5.74, 6) is -8.72. The zero-order valence-electron chi connectivity index (χ0n) is 16.5. The summed E-state index contributed by atoms with van der Waals surface area (Å²) in [6, 6.07) is 1.95. The van der Waals surface area contributed by atoms with Crippen LogP contribution in [0.1, 0.15) is 16.8 Å². The number of fused-ring (bicyclic) bond motifs is 1. The number of alkyl halides is 9. The lowest BCUT2D eigenvalue weighted by atomic mass is 9.97. The fourth-order valence-corrected chi connectivity index (χ4v) is 2.93. The number of carbonyl (C=O) groups excluding carboxylic acids is 1. The second kappa shape index (κ2) is 7.75. The molecule has 3 rings (SSSR count). The monoisotopic (exact) mass is 502 g/mol. The smallest absolute Gasteiger partial charge is 0.412 e. The summed E-state index contributed by atoms with van der Waals surface area (Å²) < 4.78 is 122. The molecule has 16 heteroatoms. The van der Waals surface area contributed by atoms with Crippen LogP contribution in [-0.4, -0.2) is 37.8 Å². The maximum absolute atomic E-state index is 13.5. The van der Waals surface area contributed by atoms with Gasteiger partial charge in [0.05, 0.1) is 11.9 Å². The zero-order valence-corrected chi connectivity index (χ0v) is 16.5. The van der Waals surface area contributed by atoms with Gasteiger partial charge in [-0.05, 0) is 18.6 Å². The van der Waals surface area contributed by atoms with Crippen LogP contribution in [-0.2, 0) is 21.5 Å². The number of aliphatic hydroxyl groups is 1. The topological polar surface area (TPSA) is 103 Å². The van der Waals surface area contributed by atoms with E-state index in [4.69, 9.17) is 5.73 Å². The van der Waals surface area contributed by atoms with Crippen LogP contribution in [0.2, 0.25) is 0 Å². The van der Waals surface area contributed by atoms with Crippen LogP contribution >= 0.6 is 0 Å². The average Bonchev–Trinajstić information content (AvgIpc) is 3.10. The van der Waals surface area contributed by atoms with Crippen molar-refractivity contribution < 1.29 is 54.2 Å². The Hall–Kier alpha value is -3.56. The minimum Gasteiger partial charge on any atom is -0.412 e. The number of ether oxygens (including phenoxy) is 1. The second-order valence-corrected chi connectivity index (χ2v) is 6.90. The van der Waals surface area contributed by atoms with Crippen LogP contribution in [0.5, 0.6) is 0 Å². The van der Waals surface area contributed by atoms with Gasteiger partial charge in [-0.3, -0.25) is 4.40 Å². The van der Waals surface area contributed by atoms with E-state index in [1.165, 1.54) is 6.92 Å². The van der Waals surface area contributed by atoms with Crippen LogP contribution in [0.3, 0.4) is 0 Å². The van der Waals surface area contributed by atoms with E-state index in [1.54, 1.807) is 0 Å². The lowest BCUT2D eigenvalue weighted by Crippen LogP contribution is -2.48. The minimum atomic E-state index is -5.93. The van der Waals surface area contributed by atoms with Crippen molar-refractivity contribution in [1.82, 2.24) is 14.4 Å². The van der Waals surface area contributed by atoms with Gasteiger partial charge in [0.1, 0.15) is 0 Å². The number of nitrogens with zero attached hydrogens (tertiary/aromatic N) is 3. The number of esters is 1. The number of aryl methyl sites for hydroxylation is 1. The van der Waals surface area contributed by atoms with Gasteiger partial charge in [-0.2, -0.15) is 39.5 Å². The van der Waals surface area contributed by atoms with Crippen molar-refractivity contribution in [3.05, 3.63) is 47.4 Å². The van der Waals surface area contributed by atoms with Crippen LogP contribution in [0, 0.1) is 6.92 Å². The Balaban J connectivity index is 2.24. The predicted molar refractivity (Wildman–Crippen MR) is 94.7 cm³/mol. The summed E-state index contributed by atoms with van der Waals surface area (Å²) >= 11 is 0. The molecule has 3 aromatic rings. The summed E-state index contributed by atoms with van der Waals surface area (Å²) in [6.07, 6.45) is -15.4. The Morgan fingerprint density at radius 2 is 1.71 bits per heavy atom. The molecule has 1 aromatic carbocycles. The van der Waals surface area contributed by atoms with E-state index < -0.39 is 47.4 Å². The van der Waals surface area contributed by atoms with Crippen molar-refractivity contribution in [2.24, 2.45) is 0 Å². The number of nitrogen functional groups attached to an aromatic ring is 1. The highest BCUT2D eigenvalue weighted by Crippen LogP contribution is 2.43. The molecule has 0 aliphatic rings. The quantitative estimate of drug-likeness (QED) is 0.318. The summed E-state index contributed by atoms with van der Waals surface area (Å²) in [5.41, 5.74) is 1.91. The van der Waals surface area contributed by atoms with E-state index in [0.29, 0.717) is 18.3 Å². The molecular formula is C18H11F9N4O3. The lowest BCUT2D eigenvalue weighted by molar-refractivity contribution is -0.368. The first-order valence-electron chi connectivity index (χ1n) is 8.78. The van der Waals surface area contributed by atoms with E-state index in [1.807, 2.05) is 0 Å². The molecule has 0 aliphatic heterocycles. The predicted octanol–water partition coefficient (Wildman–Crippen LogP) is 4.12. The Morgan fingerprint density at radius 3 is 2.24 bits per heavy atom. The standard InChI is InChI=1S/C18H11F9N4O3/c1-7-2-3-8(15(33,18(25,26)27)34-14(32)17(22,23)24)4-9(7)10-5-29-13-12(28)30-11(6-31(10)13)16(19,20)21/h2-6,33H,1H3,(H2,28,30). The SMILES string of the molecule is Cc1ccc(C(O)(OC(=O)C(F)(F)F)C(F)(F)F)cc1-c1cnc2c(N)nc(C(F)(F)F)cn12. The van der Waals surface area contributed by atoms with Gasteiger partial charge < -0.3 is 15.6 Å². The number of carbonyl (C=O) groups is 1. The largest absolute Gasteiger partial charge is 0.491 e. The molecule has 0 saturated heterocycles. The first-order chi connectivity index (χ1) is 15.4. The van der Waals surface area contributed by atoms with Crippen molar-refractivity contribution in [3.8, 4) is 11.3 Å². The summed E-state index contributed by atoms with van der Waals surface area (Å²) in [5, 5.41) is 10.0. The van der Waals surface area contributed by atoms with Crippen LogP contribution in [0.4, 0.5) is 45.3 Å². The van der Waals surface area contributed by atoms with Gasteiger partial charge in [-0.25, -0.2) is 14.8 Å². The first-order valence-corrected chi connectivity index (χ1v) is 8.78. The molecule has 0 aliphatic carbocycles. The molecule has 0 bridgehead atoms. The van der Waals surface area contributed by atoms with Gasteiger partial charge >= 0.3 is 30.3 Å². The normalized spacial score (nSPS) is 14.8. The van der Waals surface area contributed by atoms with E-state index >= 15 is 0 Å². The maximum atomic E-state index is 13.5. The Kier molecular flexibility index (Phi) is 5.71. The highest BCUT2D eigenvalue weighted by atomic mass is 19.4. The molecule has 0 spiro atoms. The molecule has 1 atom stereocenters. The molecule has 2 aromatic heterocycles. The Morgan fingerprint density at radius 1 is 1.09 bits per heavy atom. The maximum Gasteiger partial charge on any atom is 0.491 e. The molecule has 2 heterocycles. The van der Waals surface area contributed by atoms with Crippen LogP contribution in [0.15, 0.2) is 30.6 Å². The third-order valence-electron chi connectivity index (χ3n) is 4.57. The molecule has 7 nitrogen and oxygen atoms in total. The molecule has 0 amide bonds. The third-order valence-corrected chi connectivity index (χ3v) is 4.57. The highest BCUT2D eigenvalue weighted by molar-refractivity contribution is 5.76. The van der Waals surface area contributed by atoms with Gasteiger partial charge in [0.2, 0.25) is 0 Å². The number of hydrogen-bond donors (Lipinski definition) is 2. The molecule has 184 valence electrons. The average molecular weight is 502 g/mol. The highest BCUT2D eigenvalue weighted by Gasteiger charge is 2.62. The lowest BCUT2D eigenvalue weighted by Gasteiger charge is -2.30. The minimum absolute atomic E-state index is 0.112.